The van der Waals surface area contributed by atoms with Crippen LogP contribution in [0.1, 0.15) is 174 Å². The Balaban J connectivity index is 2.52. The summed E-state index contributed by atoms with van der Waals surface area (Å²) in [6.45, 7) is 3.13. The predicted molar refractivity (Wildman–Crippen MR) is 222 cm³/mol. The number of phosphoric acid groups is 1. The molecule has 58 heavy (non-hydrogen) atoms. The molecule has 1 rings (SSSR count). The van der Waals surface area contributed by atoms with E-state index in [0.29, 0.717) is 19.3 Å². The molecule has 1 aliphatic rings. The van der Waals surface area contributed by atoms with Crippen molar-refractivity contribution in [3.8, 4) is 0 Å². The minimum atomic E-state index is -5.14. The molecule has 0 aromatic carbocycles. The Morgan fingerprint density at radius 3 is 1.55 bits per heavy atom. The zero-order valence-electron chi connectivity index (χ0n) is 35.3. The summed E-state index contributed by atoms with van der Waals surface area (Å²) >= 11 is 0. The van der Waals surface area contributed by atoms with Gasteiger partial charge in [0.25, 0.3) is 0 Å². The number of allylic oxidation sites excluding steroid dienone is 4. The number of aliphatic hydroxyl groups is 5. The van der Waals surface area contributed by atoms with E-state index in [2.05, 4.69) is 19.9 Å². The van der Waals surface area contributed by atoms with Gasteiger partial charge in [0.1, 0.15) is 43.2 Å². The van der Waals surface area contributed by atoms with Crippen molar-refractivity contribution >= 4 is 25.5 Å². The molecule has 338 valence electrons. The lowest BCUT2D eigenvalue weighted by Crippen LogP contribution is -2.64. The van der Waals surface area contributed by atoms with Gasteiger partial charge in [-0.3, -0.25) is 23.4 Å². The van der Waals surface area contributed by atoms with Crippen molar-refractivity contribution in [2.75, 3.05) is 13.2 Å². The fraction of sp³-hybridized carbons (Fsp3) is 0.837. The highest BCUT2D eigenvalue weighted by molar-refractivity contribution is 7.47. The van der Waals surface area contributed by atoms with Crippen molar-refractivity contribution < 1.29 is 67.9 Å². The average Bonchev–Trinajstić information content (AvgIpc) is 3.20. The topological polar surface area (TPSA) is 227 Å². The second kappa shape index (κ2) is 33.7. The number of hydrogen-bond acceptors (Lipinski definition) is 13. The summed E-state index contributed by atoms with van der Waals surface area (Å²) in [5, 5.41) is 50.0. The summed E-state index contributed by atoms with van der Waals surface area (Å²) < 4.78 is 33.4. The fourth-order valence-corrected chi connectivity index (χ4v) is 7.59. The van der Waals surface area contributed by atoms with Crippen molar-refractivity contribution in [3.05, 3.63) is 24.3 Å². The van der Waals surface area contributed by atoms with Gasteiger partial charge in [-0.2, -0.15) is 0 Å². The van der Waals surface area contributed by atoms with Crippen LogP contribution in [-0.4, -0.2) is 104 Å². The third kappa shape index (κ3) is 26.3. The molecule has 0 saturated heterocycles. The molecule has 1 aliphatic carbocycles. The van der Waals surface area contributed by atoms with Crippen LogP contribution < -0.4 is 0 Å². The number of rotatable bonds is 36. The highest BCUT2D eigenvalue weighted by Gasteiger charge is 2.51. The molecule has 1 fully saturated rings. The number of unbranched alkanes of at least 4 members (excludes halogenated alkanes) is 19. The molecule has 6 N–H and O–H groups in total. The quantitative estimate of drug-likeness (QED) is 0.0120. The van der Waals surface area contributed by atoms with Crippen LogP contribution in [0.3, 0.4) is 0 Å². The van der Waals surface area contributed by atoms with E-state index >= 15 is 0 Å². The number of esters is 2. The smallest absolute Gasteiger partial charge is 0.462 e. The van der Waals surface area contributed by atoms with E-state index in [1.165, 1.54) is 64.2 Å². The van der Waals surface area contributed by atoms with Crippen LogP contribution >= 0.6 is 7.82 Å². The first-order valence-electron chi connectivity index (χ1n) is 22.1. The first kappa shape index (κ1) is 54.0. The molecule has 15 heteroatoms. The molecule has 0 heterocycles. The van der Waals surface area contributed by atoms with Crippen LogP contribution in [0.5, 0.6) is 0 Å². The summed E-state index contributed by atoms with van der Waals surface area (Å²) in [4.78, 5) is 47.6. The third-order valence-corrected chi connectivity index (χ3v) is 11.3. The van der Waals surface area contributed by atoms with E-state index in [-0.39, 0.29) is 18.6 Å². The Bertz CT molecular complexity index is 1180. The van der Waals surface area contributed by atoms with Gasteiger partial charge >= 0.3 is 19.8 Å². The lowest BCUT2D eigenvalue weighted by atomic mass is 9.85. The van der Waals surface area contributed by atoms with Gasteiger partial charge in [0.05, 0.1) is 6.61 Å². The SMILES string of the molecule is CCCCC/C=C\C=C\C(=O)CCCCCCCC(=O)OC[C@H](COP(=O)(O)OC1[C@H](O)[C@H](O)C(O)[C@H](O)[C@H]1O)OC(=O)CCCCCCCCCCCCCCC. The number of ether oxygens (including phenoxy) is 2. The van der Waals surface area contributed by atoms with Gasteiger partial charge in [-0.05, 0) is 38.2 Å². The first-order chi connectivity index (χ1) is 27.8. The van der Waals surface area contributed by atoms with Crippen LogP contribution in [0.15, 0.2) is 24.3 Å². The van der Waals surface area contributed by atoms with E-state index in [0.717, 1.165) is 64.2 Å². The van der Waals surface area contributed by atoms with Crippen molar-refractivity contribution in [2.24, 2.45) is 0 Å². The van der Waals surface area contributed by atoms with E-state index in [4.69, 9.17) is 18.5 Å². The van der Waals surface area contributed by atoms with E-state index in [1.807, 2.05) is 6.08 Å². The zero-order chi connectivity index (χ0) is 43.0. The maximum Gasteiger partial charge on any atom is 0.472 e. The standard InChI is InChI=1S/C43H77O14P/c1-3-5-7-9-11-12-13-14-15-16-18-22-27-31-37(46)56-35(33-55-58(52,53)57-43-41(50)39(48)38(47)40(49)42(43)51)32-54-36(45)30-26-23-19-21-25-29-34(44)28-24-20-17-10-8-6-4-2/h17,20,24,28,35,38-43,47-51H,3-16,18-19,21-23,25-27,29-33H2,1-2H3,(H,52,53)/b20-17-,28-24+/t35-,38?,39-,40+,41-,42-,43?/m1/s1. The Labute approximate surface area is 347 Å². The van der Waals surface area contributed by atoms with Crippen molar-refractivity contribution in [2.45, 2.75) is 217 Å². The molecule has 14 nitrogen and oxygen atoms in total. The number of hydrogen-bond donors (Lipinski definition) is 6. The summed E-state index contributed by atoms with van der Waals surface area (Å²) in [7, 11) is -5.14. The van der Waals surface area contributed by atoms with Gasteiger partial charge in [0.2, 0.25) is 0 Å². The molecule has 0 bridgehead atoms. The maximum absolute atomic E-state index is 12.8. The Morgan fingerprint density at radius 1 is 0.569 bits per heavy atom. The normalized spacial score (nSPS) is 22.6. The molecule has 0 aromatic rings. The van der Waals surface area contributed by atoms with E-state index in [9.17, 15) is 49.4 Å². The van der Waals surface area contributed by atoms with Gasteiger partial charge < -0.3 is 39.9 Å². The number of carbonyl (C=O) groups is 3. The largest absolute Gasteiger partial charge is 0.472 e. The molecule has 3 unspecified atom stereocenters. The minimum Gasteiger partial charge on any atom is -0.462 e. The van der Waals surface area contributed by atoms with Gasteiger partial charge in [0.15, 0.2) is 11.9 Å². The second-order valence-electron chi connectivity index (χ2n) is 15.6. The van der Waals surface area contributed by atoms with E-state index in [1.54, 1.807) is 12.2 Å². The fourth-order valence-electron chi connectivity index (χ4n) is 6.62. The lowest BCUT2D eigenvalue weighted by molar-refractivity contribution is -0.220. The van der Waals surface area contributed by atoms with Crippen LogP contribution in [-0.2, 0) is 37.5 Å². The molecule has 8 atom stereocenters. The van der Waals surface area contributed by atoms with Gasteiger partial charge in [-0.25, -0.2) is 4.57 Å². The zero-order valence-corrected chi connectivity index (χ0v) is 36.2. The summed E-state index contributed by atoms with van der Waals surface area (Å²) in [6, 6.07) is 0. The predicted octanol–water partition coefficient (Wildman–Crippen LogP) is 7.24. The summed E-state index contributed by atoms with van der Waals surface area (Å²) in [5.74, 6) is -1.11. The average molecular weight is 849 g/mol. The number of ketones is 1. The lowest BCUT2D eigenvalue weighted by Gasteiger charge is -2.41. The van der Waals surface area contributed by atoms with Crippen molar-refractivity contribution in [1.29, 1.82) is 0 Å². The molecule has 0 aliphatic heterocycles. The summed E-state index contributed by atoms with van der Waals surface area (Å²) in [6.07, 6.45) is 17.7. The minimum absolute atomic E-state index is 0.0755. The molecule has 0 spiro atoms. The van der Waals surface area contributed by atoms with E-state index < -0.39 is 75.7 Å². The Morgan fingerprint density at radius 2 is 1.02 bits per heavy atom. The van der Waals surface area contributed by atoms with Crippen LogP contribution in [0.25, 0.3) is 0 Å². The highest BCUT2D eigenvalue weighted by Crippen LogP contribution is 2.47. The van der Waals surface area contributed by atoms with Gasteiger partial charge in [0, 0.05) is 19.3 Å². The highest BCUT2D eigenvalue weighted by atomic mass is 31.2. The van der Waals surface area contributed by atoms with Crippen LogP contribution in [0.4, 0.5) is 0 Å². The van der Waals surface area contributed by atoms with Crippen LogP contribution in [0, 0.1) is 0 Å². The second-order valence-corrected chi connectivity index (χ2v) is 17.0. The molecule has 0 radical (unpaired) electrons. The van der Waals surface area contributed by atoms with Gasteiger partial charge in [-0.15, -0.1) is 0 Å². The van der Waals surface area contributed by atoms with Crippen molar-refractivity contribution in [1.82, 2.24) is 0 Å². The third-order valence-electron chi connectivity index (χ3n) is 10.3. The first-order valence-corrected chi connectivity index (χ1v) is 23.6. The monoisotopic (exact) mass is 849 g/mol. The molecular weight excluding hydrogens is 771 g/mol. The Kier molecular flexibility index (Phi) is 31.4. The van der Waals surface area contributed by atoms with Gasteiger partial charge in [-0.1, -0.05) is 141 Å². The molecular formula is C43H77O14P. The van der Waals surface area contributed by atoms with Crippen molar-refractivity contribution in [3.63, 3.8) is 0 Å². The molecule has 0 aromatic heterocycles. The molecule has 1 saturated carbocycles. The Hall–Kier alpha value is -2.00. The molecule has 0 amide bonds. The summed E-state index contributed by atoms with van der Waals surface area (Å²) in [5.41, 5.74) is 0. The number of carbonyl (C=O) groups excluding carboxylic acids is 3. The van der Waals surface area contributed by atoms with Crippen LogP contribution in [0.2, 0.25) is 0 Å². The number of phosphoric ester groups is 1. The maximum atomic E-state index is 12.8. The number of aliphatic hydroxyl groups excluding tert-OH is 5.